The lowest BCUT2D eigenvalue weighted by molar-refractivity contribution is -0.121. The van der Waals surface area contributed by atoms with Gasteiger partial charge in [0.2, 0.25) is 15.9 Å². The zero-order chi connectivity index (χ0) is 20.9. The molecule has 1 aliphatic rings. The average molecular weight is 411 g/mol. The van der Waals surface area contributed by atoms with Crippen LogP contribution in [0, 0.1) is 0 Å². The number of imide groups is 1. The number of carbonyl (C=O) groups excluding carboxylic acids is 2. The number of piperazine rings is 1. The summed E-state index contributed by atoms with van der Waals surface area (Å²) in [5.41, 5.74) is 1.04. The van der Waals surface area contributed by atoms with Gasteiger partial charge in [0.25, 0.3) is 0 Å². The number of sulfonamides is 1. The number of rotatable bonds is 5. The van der Waals surface area contributed by atoms with Crippen LogP contribution in [0.3, 0.4) is 0 Å². The average Bonchev–Trinajstić information content (AvgIpc) is 2.61. The van der Waals surface area contributed by atoms with Crippen molar-refractivity contribution in [3.8, 4) is 0 Å². The third kappa shape index (κ3) is 5.76. The van der Waals surface area contributed by atoms with Gasteiger partial charge >= 0.3 is 6.03 Å². The van der Waals surface area contributed by atoms with Crippen molar-refractivity contribution in [2.24, 2.45) is 0 Å². The Morgan fingerprint density at radius 1 is 1.04 bits per heavy atom. The van der Waals surface area contributed by atoms with Gasteiger partial charge in [-0.15, -0.1) is 0 Å². The summed E-state index contributed by atoms with van der Waals surface area (Å²) in [6.07, 6.45) is 0. The normalized spacial score (nSPS) is 16.6. The van der Waals surface area contributed by atoms with Crippen LogP contribution in [-0.4, -0.2) is 68.8 Å². The highest BCUT2D eigenvalue weighted by atomic mass is 32.2. The molecule has 0 bridgehead atoms. The summed E-state index contributed by atoms with van der Waals surface area (Å²) in [5, 5.41) is 4.75. The van der Waals surface area contributed by atoms with E-state index in [0.29, 0.717) is 32.7 Å². The van der Waals surface area contributed by atoms with Crippen LogP contribution in [0.2, 0.25) is 0 Å². The quantitative estimate of drug-likeness (QED) is 0.758. The number of benzene rings is 1. The Morgan fingerprint density at radius 3 is 2.11 bits per heavy atom. The lowest BCUT2D eigenvalue weighted by atomic mass is 9.87. The van der Waals surface area contributed by atoms with E-state index in [1.165, 1.54) is 4.31 Å². The number of nitrogens with zero attached hydrogens (tertiary/aromatic N) is 2. The van der Waals surface area contributed by atoms with Gasteiger partial charge in [-0.05, 0) is 30.0 Å². The molecule has 28 heavy (non-hydrogen) atoms. The fraction of sp³-hybridized carbons (Fsp3) is 0.579. The van der Waals surface area contributed by atoms with Crippen LogP contribution in [0.15, 0.2) is 29.2 Å². The minimum Gasteiger partial charge on any atom is -0.338 e. The van der Waals surface area contributed by atoms with Crippen molar-refractivity contribution in [1.82, 2.24) is 19.8 Å². The smallest absolute Gasteiger partial charge is 0.321 e. The molecule has 1 heterocycles. The number of amides is 3. The Kier molecular flexibility index (Phi) is 7.19. The third-order valence-electron chi connectivity index (χ3n) is 4.65. The Balaban J connectivity index is 1.93. The molecule has 0 radical (unpaired) electrons. The van der Waals surface area contributed by atoms with Crippen molar-refractivity contribution >= 4 is 22.0 Å². The Morgan fingerprint density at radius 2 is 1.61 bits per heavy atom. The SMILES string of the molecule is CCNC(=O)NC(=O)CN1CCN(S(=O)(=O)c2ccc(C(C)(C)C)cc2)CC1. The summed E-state index contributed by atoms with van der Waals surface area (Å²) in [6, 6.07) is 6.50. The number of nitrogens with one attached hydrogen (secondary N) is 2. The molecule has 156 valence electrons. The van der Waals surface area contributed by atoms with Crippen molar-refractivity contribution in [2.75, 3.05) is 39.3 Å². The lowest BCUT2D eigenvalue weighted by Crippen LogP contribution is -2.52. The van der Waals surface area contributed by atoms with Gasteiger partial charge in [-0.1, -0.05) is 32.9 Å². The Hall–Kier alpha value is -1.97. The number of urea groups is 1. The first-order chi connectivity index (χ1) is 13.0. The van der Waals surface area contributed by atoms with Crippen LogP contribution in [0.1, 0.15) is 33.3 Å². The predicted molar refractivity (Wildman–Crippen MR) is 108 cm³/mol. The first-order valence-electron chi connectivity index (χ1n) is 9.44. The molecule has 2 N–H and O–H groups in total. The topological polar surface area (TPSA) is 98.8 Å². The summed E-state index contributed by atoms with van der Waals surface area (Å²) in [5.74, 6) is -0.403. The van der Waals surface area contributed by atoms with E-state index in [4.69, 9.17) is 0 Å². The fourth-order valence-corrected chi connectivity index (χ4v) is 4.40. The molecule has 0 aliphatic carbocycles. The summed E-state index contributed by atoms with van der Waals surface area (Å²) >= 11 is 0. The van der Waals surface area contributed by atoms with Gasteiger partial charge in [0.1, 0.15) is 0 Å². The van der Waals surface area contributed by atoms with Crippen LogP contribution in [0.25, 0.3) is 0 Å². The first-order valence-corrected chi connectivity index (χ1v) is 10.9. The summed E-state index contributed by atoms with van der Waals surface area (Å²) in [7, 11) is -3.56. The van der Waals surface area contributed by atoms with E-state index in [0.717, 1.165) is 5.56 Å². The molecule has 1 aliphatic heterocycles. The maximum atomic E-state index is 12.9. The zero-order valence-electron chi connectivity index (χ0n) is 17.0. The Labute approximate surface area is 167 Å². The molecule has 0 atom stereocenters. The highest BCUT2D eigenvalue weighted by molar-refractivity contribution is 7.89. The van der Waals surface area contributed by atoms with Crippen LogP contribution >= 0.6 is 0 Å². The van der Waals surface area contributed by atoms with Gasteiger partial charge in [-0.3, -0.25) is 15.0 Å². The van der Waals surface area contributed by atoms with Gasteiger partial charge in [-0.2, -0.15) is 4.31 Å². The molecule has 9 heteroatoms. The molecular weight excluding hydrogens is 380 g/mol. The van der Waals surface area contributed by atoms with E-state index in [-0.39, 0.29) is 16.9 Å². The zero-order valence-corrected chi connectivity index (χ0v) is 17.8. The van der Waals surface area contributed by atoms with Gasteiger partial charge in [0.05, 0.1) is 11.4 Å². The van der Waals surface area contributed by atoms with Crippen molar-refractivity contribution in [1.29, 1.82) is 0 Å². The maximum Gasteiger partial charge on any atom is 0.321 e. The molecule has 0 unspecified atom stereocenters. The number of hydrogen-bond acceptors (Lipinski definition) is 5. The minimum absolute atomic E-state index is 0.0392. The molecule has 1 aromatic carbocycles. The molecular formula is C19H30N4O4S. The fourth-order valence-electron chi connectivity index (χ4n) is 2.98. The molecule has 1 saturated heterocycles. The van der Waals surface area contributed by atoms with Crippen molar-refractivity contribution in [2.45, 2.75) is 38.0 Å². The molecule has 0 saturated carbocycles. The second-order valence-electron chi connectivity index (χ2n) is 7.86. The highest BCUT2D eigenvalue weighted by Gasteiger charge is 2.29. The van der Waals surface area contributed by atoms with Crippen LogP contribution in [-0.2, 0) is 20.2 Å². The third-order valence-corrected chi connectivity index (χ3v) is 6.56. The van der Waals surface area contributed by atoms with Gasteiger partial charge < -0.3 is 5.32 Å². The van der Waals surface area contributed by atoms with E-state index >= 15 is 0 Å². The molecule has 3 amide bonds. The number of hydrogen-bond donors (Lipinski definition) is 2. The van der Waals surface area contributed by atoms with E-state index < -0.39 is 22.0 Å². The largest absolute Gasteiger partial charge is 0.338 e. The van der Waals surface area contributed by atoms with Gasteiger partial charge in [0, 0.05) is 32.7 Å². The second-order valence-corrected chi connectivity index (χ2v) is 9.80. The standard InChI is InChI=1S/C19H30N4O4S/c1-5-20-18(25)21-17(24)14-22-10-12-23(13-11-22)28(26,27)16-8-6-15(7-9-16)19(2,3)4/h6-9H,5,10-14H2,1-4H3,(H2,20,21,24,25). The van der Waals surface area contributed by atoms with Crippen LogP contribution < -0.4 is 10.6 Å². The van der Waals surface area contributed by atoms with Crippen molar-refractivity contribution in [3.05, 3.63) is 29.8 Å². The summed E-state index contributed by atoms with van der Waals surface area (Å²) < 4.78 is 27.2. The highest BCUT2D eigenvalue weighted by Crippen LogP contribution is 2.25. The van der Waals surface area contributed by atoms with Crippen molar-refractivity contribution in [3.63, 3.8) is 0 Å². The molecule has 0 spiro atoms. The van der Waals surface area contributed by atoms with Crippen LogP contribution in [0.4, 0.5) is 4.79 Å². The molecule has 1 aromatic rings. The number of carbonyl (C=O) groups is 2. The molecule has 8 nitrogen and oxygen atoms in total. The monoisotopic (exact) mass is 410 g/mol. The first kappa shape index (κ1) is 22.3. The lowest BCUT2D eigenvalue weighted by Gasteiger charge is -2.33. The predicted octanol–water partition coefficient (Wildman–Crippen LogP) is 1.14. The molecule has 1 fully saturated rings. The summed E-state index contributed by atoms with van der Waals surface area (Å²) in [6.45, 7) is 9.98. The maximum absolute atomic E-state index is 12.9. The van der Waals surface area contributed by atoms with E-state index in [1.807, 2.05) is 17.0 Å². The van der Waals surface area contributed by atoms with Crippen molar-refractivity contribution < 1.29 is 18.0 Å². The molecule has 0 aromatic heterocycles. The van der Waals surface area contributed by atoms with Gasteiger partial charge in [-0.25, -0.2) is 13.2 Å². The second kappa shape index (κ2) is 9.02. The summed E-state index contributed by atoms with van der Waals surface area (Å²) in [4.78, 5) is 25.4. The van der Waals surface area contributed by atoms with E-state index in [2.05, 4.69) is 31.4 Å². The molecule has 2 rings (SSSR count). The van der Waals surface area contributed by atoms with Crippen LogP contribution in [0.5, 0.6) is 0 Å². The van der Waals surface area contributed by atoms with E-state index in [1.54, 1.807) is 19.1 Å². The minimum atomic E-state index is -3.56. The Bertz CT molecular complexity index is 792. The van der Waals surface area contributed by atoms with Gasteiger partial charge in [0.15, 0.2) is 0 Å². The van der Waals surface area contributed by atoms with E-state index in [9.17, 15) is 18.0 Å².